The minimum Gasteiger partial charge on any atom is -0.494 e. The van der Waals surface area contributed by atoms with Gasteiger partial charge >= 0.3 is 0 Å². The number of anilines is 1. The average Bonchev–Trinajstić information content (AvgIpc) is 3.18. The van der Waals surface area contributed by atoms with Gasteiger partial charge in [-0.25, -0.2) is 10.5 Å². The second-order valence-electron chi connectivity index (χ2n) is 13.7. The maximum absolute atomic E-state index is 13.7. The number of fused-ring (bicyclic) bond motifs is 11. The zero-order chi connectivity index (χ0) is 41.4. The van der Waals surface area contributed by atoms with Crippen LogP contribution in [0.3, 0.4) is 0 Å². The summed E-state index contributed by atoms with van der Waals surface area (Å²) in [6.07, 6.45) is 4.02. The molecule has 2 aliphatic heterocycles. The number of hydroxylamine groups is 1. The Morgan fingerprint density at radius 1 is 1.00 bits per heavy atom. The van der Waals surface area contributed by atoms with Crippen LogP contribution in [0.1, 0.15) is 61.0 Å². The van der Waals surface area contributed by atoms with Crippen molar-refractivity contribution in [3.05, 3.63) is 83.6 Å². The standard InChI is InChI=1S/C38H48N8O10S/c1-24(2)19-30-29(37(50)46-52)8-5-18-56-28-13-10-25(11-14-28)20-31(44-36(30)49)38(51)42-23-34(47)39-16-6-17-40-35(48)27-12-15-33(41-21-27)45-43-22-26-7-3-4-9-32(26)57(53,54)55/h3-4,7,9-15,21-22,24,29-31,52H,5-6,8,16-20,23H2,1-2H3,(H,39,47)(H,40,48)(H,41,45)(H,42,51)(H,44,49)(H,46,50)(H,53,54,55)/b43-22+/t29-,30+,31-/m0/s1. The van der Waals surface area contributed by atoms with E-state index < -0.39 is 57.5 Å². The number of pyridine rings is 1. The van der Waals surface area contributed by atoms with Crippen molar-refractivity contribution in [3.63, 3.8) is 0 Å². The second-order valence-corrected chi connectivity index (χ2v) is 15.1. The maximum atomic E-state index is 13.7. The molecule has 0 radical (unpaired) electrons. The van der Waals surface area contributed by atoms with Crippen LogP contribution >= 0.6 is 0 Å². The summed E-state index contributed by atoms with van der Waals surface area (Å²) in [6.45, 7) is 4.15. The monoisotopic (exact) mass is 808 g/mol. The Balaban J connectivity index is 1.25. The van der Waals surface area contributed by atoms with Gasteiger partial charge in [-0.15, -0.1) is 0 Å². The number of benzene rings is 2. The van der Waals surface area contributed by atoms with E-state index >= 15 is 0 Å². The Labute approximate surface area is 330 Å². The summed E-state index contributed by atoms with van der Waals surface area (Å²) in [4.78, 5) is 68.8. The number of hydrogen-bond acceptors (Lipinski definition) is 12. The third-order valence-electron chi connectivity index (χ3n) is 8.91. The van der Waals surface area contributed by atoms with Crippen molar-refractivity contribution in [2.75, 3.05) is 31.7 Å². The van der Waals surface area contributed by atoms with Crippen LogP contribution in [0.2, 0.25) is 0 Å². The Bertz CT molecular complexity index is 1990. The predicted octanol–water partition coefficient (Wildman–Crippen LogP) is 1.81. The van der Waals surface area contributed by atoms with E-state index in [-0.39, 0.29) is 60.2 Å². The quantitative estimate of drug-likeness (QED) is 0.0359. The first-order valence-electron chi connectivity index (χ1n) is 18.4. The minimum absolute atomic E-state index is 0.0239. The van der Waals surface area contributed by atoms with Crippen LogP contribution < -0.4 is 36.9 Å². The number of aromatic nitrogens is 1. The number of nitrogens with one attached hydrogen (secondary N) is 6. The van der Waals surface area contributed by atoms with Gasteiger partial charge in [0.1, 0.15) is 22.5 Å². The summed E-state index contributed by atoms with van der Waals surface area (Å²) in [5.74, 6) is -3.53. The van der Waals surface area contributed by atoms with E-state index in [0.717, 1.165) is 5.56 Å². The summed E-state index contributed by atoms with van der Waals surface area (Å²) in [5.41, 5.74) is 5.44. The third kappa shape index (κ3) is 14.0. The highest BCUT2D eigenvalue weighted by molar-refractivity contribution is 7.86. The van der Waals surface area contributed by atoms with Gasteiger partial charge in [0.2, 0.25) is 23.6 Å². The van der Waals surface area contributed by atoms with Gasteiger partial charge in [0.25, 0.3) is 16.0 Å². The minimum atomic E-state index is -4.43. The van der Waals surface area contributed by atoms with Crippen molar-refractivity contribution < 1.29 is 46.9 Å². The molecule has 2 aliphatic rings. The molecule has 0 saturated heterocycles. The van der Waals surface area contributed by atoms with Crippen molar-refractivity contribution in [1.82, 2.24) is 31.7 Å². The van der Waals surface area contributed by atoms with Gasteiger partial charge in [-0.05, 0) is 67.5 Å². The molecule has 306 valence electrons. The number of carbonyl (C=O) groups is 5. The molecule has 3 aromatic rings. The van der Waals surface area contributed by atoms with Crippen LogP contribution in [0, 0.1) is 17.8 Å². The molecule has 2 bridgehead atoms. The molecule has 3 atom stereocenters. The van der Waals surface area contributed by atoms with E-state index in [4.69, 9.17) is 4.74 Å². The smallest absolute Gasteiger partial charge is 0.295 e. The largest absolute Gasteiger partial charge is 0.494 e. The summed E-state index contributed by atoms with van der Waals surface area (Å²) < 4.78 is 38.2. The highest BCUT2D eigenvalue weighted by Gasteiger charge is 2.36. The Kier molecular flexibility index (Phi) is 16.4. The van der Waals surface area contributed by atoms with Gasteiger partial charge in [-0.3, -0.25) is 39.2 Å². The van der Waals surface area contributed by atoms with E-state index in [1.807, 2.05) is 13.8 Å². The van der Waals surface area contributed by atoms with E-state index in [1.165, 1.54) is 42.7 Å². The average molecular weight is 809 g/mol. The summed E-state index contributed by atoms with van der Waals surface area (Å²) in [6, 6.07) is 14.7. The molecule has 1 aromatic heterocycles. The molecule has 19 heteroatoms. The molecule has 5 amide bonds. The Morgan fingerprint density at radius 3 is 2.42 bits per heavy atom. The lowest BCUT2D eigenvalue weighted by Gasteiger charge is -2.28. The van der Waals surface area contributed by atoms with Crippen LogP contribution in [0.5, 0.6) is 5.75 Å². The molecule has 0 saturated carbocycles. The second kappa shape index (κ2) is 21.4. The van der Waals surface area contributed by atoms with E-state index in [2.05, 4.69) is 36.8 Å². The molecule has 2 aromatic carbocycles. The van der Waals surface area contributed by atoms with Crippen molar-refractivity contribution in [2.45, 2.75) is 56.9 Å². The highest BCUT2D eigenvalue weighted by Crippen LogP contribution is 2.27. The van der Waals surface area contributed by atoms with Crippen LogP contribution in [0.25, 0.3) is 0 Å². The summed E-state index contributed by atoms with van der Waals surface area (Å²) in [5, 5.41) is 24.2. The number of carbonyl (C=O) groups excluding carboxylic acids is 5. The third-order valence-corrected chi connectivity index (χ3v) is 9.84. The predicted molar refractivity (Wildman–Crippen MR) is 208 cm³/mol. The van der Waals surface area contributed by atoms with Crippen LogP contribution in [0.15, 0.2) is 76.9 Å². The fourth-order valence-electron chi connectivity index (χ4n) is 6.06. The Morgan fingerprint density at radius 2 is 1.74 bits per heavy atom. The molecular weight excluding hydrogens is 761 g/mol. The highest BCUT2D eigenvalue weighted by atomic mass is 32.2. The van der Waals surface area contributed by atoms with Gasteiger partial charge in [0.05, 0.1) is 30.8 Å². The van der Waals surface area contributed by atoms with Crippen molar-refractivity contribution in [3.8, 4) is 5.75 Å². The normalized spacial score (nSPS) is 17.5. The molecule has 5 rings (SSSR count). The molecule has 0 unspecified atom stereocenters. The van der Waals surface area contributed by atoms with Crippen LogP contribution in [-0.2, 0) is 35.7 Å². The number of hydrazone groups is 1. The van der Waals surface area contributed by atoms with Crippen LogP contribution in [-0.4, -0.2) is 91.2 Å². The zero-order valence-corrected chi connectivity index (χ0v) is 32.4. The van der Waals surface area contributed by atoms with Gasteiger partial charge in [-0.1, -0.05) is 44.2 Å². The molecule has 0 aliphatic carbocycles. The SMILES string of the molecule is CC(C)C[C@H]1C(=O)N[C@H](C(=O)NCC(=O)NCCCNC(=O)c2ccc(N/N=C/c3ccccc3S(=O)(=O)O)nc2)Cc2ccc(cc2)OCCC[C@@H]1C(=O)NO. The summed E-state index contributed by atoms with van der Waals surface area (Å²) >= 11 is 0. The molecule has 0 fully saturated rings. The number of ether oxygens (including phenoxy) is 1. The fraction of sp³-hybridized carbons (Fsp3) is 0.395. The molecule has 18 nitrogen and oxygen atoms in total. The van der Waals surface area contributed by atoms with Crippen LogP contribution in [0.4, 0.5) is 5.82 Å². The maximum Gasteiger partial charge on any atom is 0.295 e. The van der Waals surface area contributed by atoms with Crippen molar-refractivity contribution in [2.24, 2.45) is 22.9 Å². The van der Waals surface area contributed by atoms with Gasteiger partial charge in [0, 0.05) is 37.2 Å². The Hall–Kier alpha value is -5.92. The molecule has 8 N–H and O–H groups in total. The molecule has 3 heterocycles. The number of amides is 5. The van der Waals surface area contributed by atoms with Gasteiger partial charge in [-0.2, -0.15) is 13.5 Å². The fourth-order valence-corrected chi connectivity index (χ4v) is 6.73. The molecular formula is C38H48N8O10S. The number of nitrogens with zero attached hydrogens (tertiary/aromatic N) is 2. The molecule has 57 heavy (non-hydrogen) atoms. The van der Waals surface area contributed by atoms with E-state index in [9.17, 15) is 42.2 Å². The topological polar surface area (TPSA) is 267 Å². The van der Waals surface area contributed by atoms with Crippen molar-refractivity contribution in [1.29, 1.82) is 0 Å². The first-order valence-corrected chi connectivity index (χ1v) is 19.8. The van der Waals surface area contributed by atoms with Gasteiger partial charge < -0.3 is 26.0 Å². The lowest BCUT2D eigenvalue weighted by Crippen LogP contribution is -2.53. The molecule has 0 spiro atoms. The first kappa shape index (κ1) is 43.8. The van der Waals surface area contributed by atoms with E-state index in [0.29, 0.717) is 31.6 Å². The first-order chi connectivity index (χ1) is 27.2. The lowest BCUT2D eigenvalue weighted by atomic mass is 9.81. The summed E-state index contributed by atoms with van der Waals surface area (Å²) in [7, 11) is -4.43. The van der Waals surface area contributed by atoms with Crippen molar-refractivity contribution >= 4 is 51.7 Å². The van der Waals surface area contributed by atoms with Gasteiger partial charge in [0.15, 0.2) is 0 Å². The number of hydrogen-bond donors (Lipinski definition) is 8. The lowest BCUT2D eigenvalue weighted by molar-refractivity contribution is -0.142. The zero-order valence-electron chi connectivity index (χ0n) is 31.6. The number of rotatable bonds is 15. The van der Waals surface area contributed by atoms with E-state index in [1.54, 1.807) is 35.8 Å².